The molecule has 4 nitrogen and oxygen atoms in total. The Morgan fingerprint density at radius 2 is 2.37 bits per heavy atom. The highest BCUT2D eigenvalue weighted by atomic mass is 16.5. The van der Waals surface area contributed by atoms with E-state index in [-0.39, 0.29) is 11.7 Å². The van der Waals surface area contributed by atoms with Gasteiger partial charge in [-0.2, -0.15) is 5.26 Å². The highest BCUT2D eigenvalue weighted by molar-refractivity contribution is 6.09. The van der Waals surface area contributed by atoms with Gasteiger partial charge in [-0.15, -0.1) is 0 Å². The molecule has 1 saturated heterocycles. The van der Waals surface area contributed by atoms with Crippen molar-refractivity contribution in [2.24, 2.45) is 5.92 Å². The van der Waals surface area contributed by atoms with Gasteiger partial charge in [0.1, 0.15) is 0 Å². The molecule has 19 heavy (non-hydrogen) atoms. The lowest BCUT2D eigenvalue weighted by Crippen LogP contribution is -2.25. The number of benzene rings is 1. The first-order chi connectivity index (χ1) is 9.29. The van der Waals surface area contributed by atoms with Gasteiger partial charge in [0.2, 0.25) is 0 Å². The molecule has 1 unspecified atom stereocenters. The largest absolute Gasteiger partial charge is 0.381 e. The minimum absolute atomic E-state index is 0.0385. The van der Waals surface area contributed by atoms with E-state index in [4.69, 9.17) is 10.00 Å². The number of rotatable bonds is 2. The van der Waals surface area contributed by atoms with E-state index in [1.54, 1.807) is 18.3 Å². The fourth-order valence-electron chi connectivity index (χ4n) is 2.57. The van der Waals surface area contributed by atoms with Crippen molar-refractivity contribution in [3.63, 3.8) is 0 Å². The number of hydrogen-bond donors (Lipinski definition) is 1. The summed E-state index contributed by atoms with van der Waals surface area (Å²) in [6.07, 6.45) is 3.57. The van der Waals surface area contributed by atoms with Crippen LogP contribution in [0.25, 0.3) is 10.9 Å². The number of carbonyl (C=O) groups excluding carboxylic acids is 1. The van der Waals surface area contributed by atoms with E-state index in [2.05, 4.69) is 11.1 Å². The molecule has 1 aromatic heterocycles. The Hall–Kier alpha value is -2.12. The molecule has 1 aliphatic rings. The highest BCUT2D eigenvalue weighted by Gasteiger charge is 2.24. The van der Waals surface area contributed by atoms with Crippen LogP contribution in [-0.4, -0.2) is 24.0 Å². The Bertz CT molecular complexity index is 660. The number of hydrogen-bond acceptors (Lipinski definition) is 3. The van der Waals surface area contributed by atoms with Crippen molar-refractivity contribution >= 4 is 16.7 Å². The summed E-state index contributed by atoms with van der Waals surface area (Å²) in [6.45, 7) is 1.27. The number of ether oxygens (including phenoxy) is 1. The van der Waals surface area contributed by atoms with Crippen molar-refractivity contribution in [1.29, 1.82) is 5.26 Å². The van der Waals surface area contributed by atoms with E-state index >= 15 is 0 Å². The monoisotopic (exact) mass is 254 g/mol. The maximum atomic E-state index is 12.5. The summed E-state index contributed by atoms with van der Waals surface area (Å²) in [5.74, 6) is 0.0963. The number of aromatic amines is 1. The van der Waals surface area contributed by atoms with Gasteiger partial charge in [0, 0.05) is 35.2 Å². The quantitative estimate of drug-likeness (QED) is 0.838. The van der Waals surface area contributed by atoms with Crippen LogP contribution in [0.5, 0.6) is 0 Å². The van der Waals surface area contributed by atoms with Crippen molar-refractivity contribution < 1.29 is 9.53 Å². The average molecular weight is 254 g/mol. The molecule has 4 heteroatoms. The Kier molecular flexibility index (Phi) is 3.06. The summed E-state index contributed by atoms with van der Waals surface area (Å²) in [4.78, 5) is 15.5. The van der Waals surface area contributed by atoms with Crippen molar-refractivity contribution in [2.45, 2.75) is 12.8 Å². The smallest absolute Gasteiger partial charge is 0.170 e. The number of nitriles is 1. The van der Waals surface area contributed by atoms with Crippen LogP contribution in [-0.2, 0) is 4.74 Å². The van der Waals surface area contributed by atoms with Crippen molar-refractivity contribution in [3.05, 3.63) is 35.5 Å². The summed E-state index contributed by atoms with van der Waals surface area (Å²) in [5, 5.41) is 9.75. The van der Waals surface area contributed by atoms with Crippen LogP contribution in [0.4, 0.5) is 0 Å². The predicted molar refractivity (Wildman–Crippen MR) is 70.9 cm³/mol. The van der Waals surface area contributed by atoms with Gasteiger partial charge in [0.15, 0.2) is 5.78 Å². The fraction of sp³-hybridized carbons (Fsp3) is 0.333. The molecule has 1 aromatic carbocycles. The van der Waals surface area contributed by atoms with Crippen LogP contribution in [0.15, 0.2) is 24.4 Å². The second-order valence-corrected chi connectivity index (χ2v) is 4.85. The highest BCUT2D eigenvalue weighted by Crippen LogP contribution is 2.25. The summed E-state index contributed by atoms with van der Waals surface area (Å²) >= 11 is 0. The molecular formula is C15H14N2O2. The van der Waals surface area contributed by atoms with Crippen molar-refractivity contribution in [1.82, 2.24) is 4.98 Å². The molecule has 0 spiro atoms. The lowest BCUT2D eigenvalue weighted by Gasteiger charge is -2.20. The number of fused-ring (bicyclic) bond motifs is 1. The molecule has 96 valence electrons. The van der Waals surface area contributed by atoms with Crippen molar-refractivity contribution in [2.75, 3.05) is 13.2 Å². The molecule has 0 bridgehead atoms. The summed E-state index contributed by atoms with van der Waals surface area (Å²) in [5.41, 5.74) is 2.13. The molecule has 2 aromatic rings. The first-order valence-corrected chi connectivity index (χ1v) is 6.43. The summed E-state index contributed by atoms with van der Waals surface area (Å²) in [6, 6.07) is 7.44. The Labute approximate surface area is 111 Å². The second-order valence-electron chi connectivity index (χ2n) is 4.85. The first-order valence-electron chi connectivity index (χ1n) is 6.43. The molecule has 0 saturated carbocycles. The molecule has 1 atom stereocenters. The molecule has 0 amide bonds. The van der Waals surface area contributed by atoms with Gasteiger partial charge in [-0.05, 0) is 25.0 Å². The number of nitrogens with one attached hydrogen (secondary N) is 1. The molecule has 0 aliphatic carbocycles. The number of ketones is 1. The lowest BCUT2D eigenvalue weighted by molar-refractivity contribution is 0.0462. The third kappa shape index (κ3) is 2.13. The zero-order chi connectivity index (χ0) is 13.2. The van der Waals surface area contributed by atoms with Gasteiger partial charge >= 0.3 is 0 Å². The van der Waals surface area contributed by atoms with Gasteiger partial charge < -0.3 is 9.72 Å². The standard InChI is InChI=1S/C15H14N2O2/c16-7-10-3-4-12-13(8-17-14(12)6-10)15(18)11-2-1-5-19-9-11/h3-4,6,8,11,17H,1-2,5,9H2. The van der Waals surface area contributed by atoms with Gasteiger partial charge in [-0.1, -0.05) is 6.07 Å². The molecule has 2 heterocycles. The average Bonchev–Trinajstić information content (AvgIpc) is 2.90. The van der Waals surface area contributed by atoms with E-state index in [9.17, 15) is 4.79 Å². The number of nitrogens with zero attached hydrogens (tertiary/aromatic N) is 1. The summed E-state index contributed by atoms with van der Waals surface area (Å²) < 4.78 is 5.38. The number of aromatic nitrogens is 1. The van der Waals surface area contributed by atoms with Gasteiger partial charge in [-0.25, -0.2) is 0 Å². The van der Waals surface area contributed by atoms with Gasteiger partial charge in [0.25, 0.3) is 0 Å². The molecular weight excluding hydrogens is 240 g/mol. The number of H-pyrrole nitrogens is 1. The predicted octanol–water partition coefficient (Wildman–Crippen LogP) is 2.65. The Balaban J connectivity index is 1.96. The molecule has 3 rings (SSSR count). The van der Waals surface area contributed by atoms with E-state index < -0.39 is 0 Å². The summed E-state index contributed by atoms with van der Waals surface area (Å²) in [7, 11) is 0. The first kappa shape index (κ1) is 11.9. The van der Waals surface area contributed by atoms with Gasteiger partial charge in [-0.3, -0.25) is 4.79 Å². The van der Waals surface area contributed by atoms with Crippen LogP contribution in [0, 0.1) is 17.2 Å². The van der Waals surface area contributed by atoms with Crippen LogP contribution in [0.2, 0.25) is 0 Å². The third-order valence-corrected chi connectivity index (χ3v) is 3.61. The molecule has 0 radical (unpaired) electrons. The van der Waals surface area contributed by atoms with Crippen LogP contribution in [0.3, 0.4) is 0 Å². The third-order valence-electron chi connectivity index (χ3n) is 3.61. The zero-order valence-electron chi connectivity index (χ0n) is 10.5. The van der Waals surface area contributed by atoms with E-state index in [0.29, 0.717) is 17.7 Å². The normalized spacial score (nSPS) is 19.2. The fourth-order valence-corrected chi connectivity index (χ4v) is 2.57. The molecule has 1 aliphatic heterocycles. The molecule has 1 N–H and O–H groups in total. The van der Waals surface area contributed by atoms with E-state index in [1.807, 2.05) is 6.07 Å². The van der Waals surface area contributed by atoms with Crippen LogP contribution in [0.1, 0.15) is 28.8 Å². The minimum atomic E-state index is -0.0385. The molecule has 1 fully saturated rings. The second kappa shape index (κ2) is 4.87. The number of carbonyl (C=O) groups is 1. The maximum Gasteiger partial charge on any atom is 0.170 e. The lowest BCUT2D eigenvalue weighted by atomic mass is 9.92. The van der Waals surface area contributed by atoms with Crippen LogP contribution < -0.4 is 0 Å². The maximum absolute atomic E-state index is 12.5. The van der Waals surface area contributed by atoms with E-state index in [1.165, 1.54) is 0 Å². The zero-order valence-corrected chi connectivity index (χ0v) is 10.5. The van der Waals surface area contributed by atoms with E-state index in [0.717, 1.165) is 30.4 Å². The Morgan fingerprint density at radius 1 is 1.47 bits per heavy atom. The minimum Gasteiger partial charge on any atom is -0.381 e. The van der Waals surface area contributed by atoms with Crippen LogP contribution >= 0.6 is 0 Å². The topological polar surface area (TPSA) is 65.9 Å². The SMILES string of the molecule is N#Cc1ccc2c(C(=O)C3CCCOC3)c[nH]c2c1. The van der Waals surface area contributed by atoms with Gasteiger partial charge in [0.05, 0.1) is 18.2 Å². The van der Waals surface area contributed by atoms with Crippen molar-refractivity contribution in [3.8, 4) is 6.07 Å². The number of Topliss-reactive ketones (excluding diaryl/α,β-unsaturated/α-hetero) is 1. The Morgan fingerprint density at radius 3 is 3.11 bits per heavy atom.